The van der Waals surface area contributed by atoms with Crippen LogP contribution >= 0.6 is 11.6 Å². The highest BCUT2D eigenvalue weighted by Crippen LogP contribution is 2.25. The van der Waals surface area contributed by atoms with Crippen LogP contribution in [-0.4, -0.2) is 53.2 Å². The molecular weight excluding hydrogens is 392 g/mol. The van der Waals surface area contributed by atoms with Crippen LogP contribution in [0.25, 0.3) is 0 Å². The summed E-state index contributed by atoms with van der Waals surface area (Å²) >= 11 is 5.98. The lowest BCUT2D eigenvalue weighted by atomic mass is 10.1. The Bertz CT molecular complexity index is 976. The summed E-state index contributed by atoms with van der Waals surface area (Å²) in [4.78, 5) is 32.3. The Kier molecular flexibility index (Phi) is 5.18. The number of rotatable bonds is 4. The molecule has 2 N–H and O–H groups in total. The summed E-state index contributed by atoms with van der Waals surface area (Å²) in [5.74, 6) is 0.0264. The Labute approximate surface area is 172 Å². The van der Waals surface area contributed by atoms with E-state index in [1.807, 2.05) is 42.5 Å². The summed E-state index contributed by atoms with van der Waals surface area (Å²) in [6.07, 6.45) is 1.04. The average molecular weight is 411 g/mol. The Hall–Kier alpha value is -3.39. The van der Waals surface area contributed by atoms with Crippen molar-refractivity contribution in [3.8, 4) is 0 Å². The van der Waals surface area contributed by atoms with Crippen LogP contribution in [0.1, 0.15) is 11.1 Å². The number of imide groups is 1. The molecule has 29 heavy (non-hydrogen) atoms. The minimum absolute atomic E-state index is 0.389. The fraction of sp³-hybridized carbons (Fsp3) is 0.200. The predicted molar refractivity (Wildman–Crippen MR) is 110 cm³/mol. The largest absolute Gasteiger partial charge is 0.325 e. The number of hydrogen-bond acceptors (Lipinski definition) is 6. The van der Waals surface area contributed by atoms with Gasteiger partial charge in [0.15, 0.2) is 12.2 Å². The van der Waals surface area contributed by atoms with Crippen molar-refractivity contribution in [2.24, 2.45) is 10.1 Å². The molecule has 0 aromatic heterocycles. The fourth-order valence-corrected chi connectivity index (χ4v) is 3.41. The Morgan fingerprint density at radius 3 is 2.62 bits per heavy atom. The van der Waals surface area contributed by atoms with E-state index >= 15 is 0 Å². The molecule has 0 bridgehead atoms. The van der Waals surface area contributed by atoms with Gasteiger partial charge < -0.3 is 9.80 Å². The number of likely N-dealkylation sites (N-methyl/N-ethyl adjacent to an activating group) is 1. The standard InChI is InChI=1S/C20H19ClN6O2/c1-26-17-16(18(28)24-20(26)29)27(12-14-7-9-15(21)10-8-14)19(23-17)25-22-11-13-5-3-2-4-6-13/h2-11,16-17H,12H2,1H3,(H,23,25)(H,24,28,29)/b22-11+. The van der Waals surface area contributed by atoms with Gasteiger partial charge in [0, 0.05) is 18.6 Å². The van der Waals surface area contributed by atoms with E-state index in [-0.39, 0.29) is 5.91 Å². The highest BCUT2D eigenvalue weighted by molar-refractivity contribution is 6.30. The van der Waals surface area contributed by atoms with Crippen LogP contribution in [0.4, 0.5) is 4.79 Å². The molecule has 9 heteroatoms. The number of amides is 3. The van der Waals surface area contributed by atoms with Gasteiger partial charge in [-0.05, 0) is 23.3 Å². The molecule has 2 aromatic carbocycles. The van der Waals surface area contributed by atoms with Crippen LogP contribution in [-0.2, 0) is 11.3 Å². The first-order chi connectivity index (χ1) is 14.0. The molecule has 2 aliphatic heterocycles. The second-order valence-corrected chi connectivity index (χ2v) is 7.19. The van der Waals surface area contributed by atoms with Crippen LogP contribution < -0.4 is 10.7 Å². The molecule has 148 valence electrons. The first kappa shape index (κ1) is 18.9. The van der Waals surface area contributed by atoms with Crippen molar-refractivity contribution >= 4 is 35.7 Å². The van der Waals surface area contributed by atoms with Crippen molar-refractivity contribution in [3.63, 3.8) is 0 Å². The number of guanidine groups is 1. The second-order valence-electron chi connectivity index (χ2n) is 6.75. The number of hydrazone groups is 1. The molecular formula is C20H19ClN6O2. The summed E-state index contributed by atoms with van der Waals surface area (Å²) in [5, 5.41) is 7.26. The predicted octanol–water partition coefficient (Wildman–Crippen LogP) is 2.01. The van der Waals surface area contributed by atoms with E-state index in [0.29, 0.717) is 17.5 Å². The minimum atomic E-state index is -0.650. The monoisotopic (exact) mass is 410 g/mol. The zero-order chi connectivity index (χ0) is 20.4. The minimum Gasteiger partial charge on any atom is -0.321 e. The molecule has 2 atom stereocenters. The van der Waals surface area contributed by atoms with Crippen molar-refractivity contribution in [1.29, 1.82) is 0 Å². The van der Waals surface area contributed by atoms with E-state index in [0.717, 1.165) is 11.1 Å². The normalized spacial score (nSPS) is 21.2. The topological polar surface area (TPSA) is 89.4 Å². The first-order valence-electron chi connectivity index (χ1n) is 9.03. The number of nitrogens with zero attached hydrogens (tertiary/aromatic N) is 4. The molecule has 1 fully saturated rings. The maximum atomic E-state index is 12.6. The summed E-state index contributed by atoms with van der Waals surface area (Å²) < 4.78 is 0. The number of carbonyl (C=O) groups is 2. The van der Waals surface area contributed by atoms with Crippen LogP contribution in [0, 0.1) is 0 Å². The van der Waals surface area contributed by atoms with E-state index in [2.05, 4.69) is 20.8 Å². The number of urea groups is 1. The first-order valence-corrected chi connectivity index (χ1v) is 9.41. The van der Waals surface area contributed by atoms with Gasteiger partial charge in [0.2, 0.25) is 5.96 Å². The van der Waals surface area contributed by atoms with Gasteiger partial charge in [-0.3, -0.25) is 10.1 Å². The van der Waals surface area contributed by atoms with E-state index in [4.69, 9.17) is 11.6 Å². The summed E-state index contributed by atoms with van der Waals surface area (Å²) in [6.45, 7) is 0.403. The molecule has 3 amide bonds. The Balaban J connectivity index is 1.60. The number of aliphatic imine (C=N–C) groups is 1. The third-order valence-electron chi connectivity index (χ3n) is 4.80. The zero-order valence-electron chi connectivity index (χ0n) is 15.6. The van der Waals surface area contributed by atoms with Crippen molar-refractivity contribution < 1.29 is 9.59 Å². The lowest BCUT2D eigenvalue weighted by Crippen LogP contribution is -2.63. The van der Waals surface area contributed by atoms with Crippen molar-refractivity contribution in [3.05, 3.63) is 70.7 Å². The lowest BCUT2D eigenvalue weighted by molar-refractivity contribution is -0.127. The highest BCUT2D eigenvalue weighted by Gasteiger charge is 2.48. The molecule has 0 aliphatic carbocycles. The van der Waals surface area contributed by atoms with Crippen LogP contribution in [0.15, 0.2) is 64.7 Å². The maximum absolute atomic E-state index is 12.6. The molecule has 0 spiro atoms. The van der Waals surface area contributed by atoms with Gasteiger partial charge in [0.25, 0.3) is 5.91 Å². The number of fused-ring (bicyclic) bond motifs is 1. The Morgan fingerprint density at radius 1 is 1.17 bits per heavy atom. The van der Waals surface area contributed by atoms with Crippen LogP contribution in [0.3, 0.4) is 0 Å². The van der Waals surface area contributed by atoms with Crippen molar-refractivity contribution in [1.82, 2.24) is 20.5 Å². The quantitative estimate of drug-likeness (QED) is 0.596. The molecule has 4 rings (SSSR count). The average Bonchev–Trinajstić information content (AvgIpc) is 3.08. The van der Waals surface area contributed by atoms with E-state index in [1.165, 1.54) is 4.90 Å². The van der Waals surface area contributed by atoms with Gasteiger partial charge in [-0.2, -0.15) is 5.10 Å². The molecule has 2 aliphatic rings. The molecule has 2 aromatic rings. The van der Waals surface area contributed by atoms with Gasteiger partial charge in [-0.15, -0.1) is 0 Å². The van der Waals surface area contributed by atoms with Gasteiger partial charge in [0.05, 0.1) is 6.21 Å². The molecule has 8 nitrogen and oxygen atoms in total. The van der Waals surface area contributed by atoms with Crippen molar-refractivity contribution in [2.45, 2.75) is 18.8 Å². The lowest BCUT2D eigenvalue weighted by Gasteiger charge is -2.36. The third kappa shape index (κ3) is 3.93. The fourth-order valence-electron chi connectivity index (χ4n) is 3.28. The number of benzene rings is 2. The Morgan fingerprint density at radius 2 is 1.90 bits per heavy atom. The number of nitrogens with one attached hydrogen (secondary N) is 2. The molecule has 0 radical (unpaired) electrons. The van der Waals surface area contributed by atoms with Gasteiger partial charge in [0.1, 0.15) is 0 Å². The van der Waals surface area contributed by atoms with Crippen LogP contribution in [0.2, 0.25) is 5.02 Å². The number of carbonyl (C=O) groups excluding carboxylic acids is 2. The SMILES string of the molecule is CN1C(=O)NC(=O)C2C1N=C(N/N=C/c1ccccc1)N2Cc1ccc(Cl)cc1. The summed E-state index contributed by atoms with van der Waals surface area (Å²) in [5.41, 5.74) is 4.80. The molecule has 1 saturated heterocycles. The van der Waals surface area contributed by atoms with E-state index < -0.39 is 18.2 Å². The van der Waals surface area contributed by atoms with Crippen LogP contribution in [0.5, 0.6) is 0 Å². The molecule has 2 heterocycles. The smallest absolute Gasteiger partial charge is 0.321 e. The van der Waals surface area contributed by atoms with E-state index in [1.54, 1.807) is 30.3 Å². The van der Waals surface area contributed by atoms with Gasteiger partial charge in [-0.1, -0.05) is 54.1 Å². The van der Waals surface area contributed by atoms with E-state index in [9.17, 15) is 9.59 Å². The summed E-state index contributed by atoms with van der Waals surface area (Å²) in [7, 11) is 1.61. The van der Waals surface area contributed by atoms with Gasteiger partial charge >= 0.3 is 6.03 Å². The molecule has 2 unspecified atom stereocenters. The third-order valence-corrected chi connectivity index (χ3v) is 5.06. The molecule has 0 saturated carbocycles. The van der Waals surface area contributed by atoms with Gasteiger partial charge in [-0.25, -0.2) is 15.2 Å². The number of halogens is 1. The van der Waals surface area contributed by atoms with Crippen molar-refractivity contribution in [2.75, 3.05) is 7.05 Å². The second kappa shape index (κ2) is 7.92. The highest BCUT2D eigenvalue weighted by atomic mass is 35.5. The zero-order valence-corrected chi connectivity index (χ0v) is 16.4. The summed E-state index contributed by atoms with van der Waals surface area (Å²) in [6, 6.07) is 15.8. The number of hydrogen-bond donors (Lipinski definition) is 2. The maximum Gasteiger partial charge on any atom is 0.325 e.